The first-order chi connectivity index (χ1) is 19.3. The Bertz CT molecular complexity index is 1510. The van der Waals surface area contributed by atoms with Gasteiger partial charge in [0.05, 0.1) is 11.5 Å². The van der Waals surface area contributed by atoms with E-state index in [1.54, 1.807) is 4.57 Å². The van der Waals surface area contributed by atoms with Crippen LogP contribution in [-0.4, -0.2) is 55.0 Å². The van der Waals surface area contributed by atoms with Gasteiger partial charge >= 0.3 is 6.18 Å². The quantitative estimate of drug-likeness (QED) is 0.332. The third-order valence-corrected chi connectivity index (χ3v) is 8.80. The van der Waals surface area contributed by atoms with Crippen LogP contribution in [0.5, 0.6) is 0 Å². The van der Waals surface area contributed by atoms with E-state index in [-0.39, 0.29) is 54.2 Å². The highest BCUT2D eigenvalue weighted by Gasteiger charge is 2.56. The molecular weight excluding hydrogens is 578 g/mol. The summed E-state index contributed by atoms with van der Waals surface area (Å²) < 4.78 is 82.3. The Morgan fingerprint density at radius 1 is 1.27 bits per heavy atom. The molecule has 0 bridgehead atoms. The first kappa shape index (κ1) is 27.5. The summed E-state index contributed by atoms with van der Waals surface area (Å²) in [7, 11) is 1.35. The minimum Gasteiger partial charge on any atom is -0.351 e. The number of halogens is 6. The summed E-state index contributed by atoms with van der Waals surface area (Å²) in [5, 5.41) is 19.6. The summed E-state index contributed by atoms with van der Waals surface area (Å²) in [5.74, 6) is -5.55. The standard InChI is InChI=1S/C24H24F6N8O2S/c1-37-17(6-16(36-37)24(28,29)30)33-22-35-32-9-38(22)11-2-3-15-13(4-11)18(20(40)31-8-10-7-23(10,26)27)21(41-15)34-19(39)12-5-14(12)25/h6,9-12,14H,2-5,7-8H2,1H3,(H,31,40)(H,33,35)(H,34,39)/t10?,11?,12-,14+/m0/s1. The predicted octanol–water partition coefficient (Wildman–Crippen LogP) is 4.25. The lowest BCUT2D eigenvalue weighted by Crippen LogP contribution is -2.29. The van der Waals surface area contributed by atoms with Crippen molar-refractivity contribution in [3.63, 3.8) is 0 Å². The molecule has 3 N–H and O–H groups in total. The highest BCUT2D eigenvalue weighted by Crippen LogP contribution is 2.48. The van der Waals surface area contributed by atoms with Crippen molar-refractivity contribution >= 4 is 39.9 Å². The number of aryl methyl sites for hydroxylation is 2. The molecule has 220 valence electrons. The van der Waals surface area contributed by atoms with Crippen molar-refractivity contribution in [2.45, 2.75) is 56.4 Å². The smallest absolute Gasteiger partial charge is 0.351 e. The van der Waals surface area contributed by atoms with Crippen molar-refractivity contribution in [2.24, 2.45) is 18.9 Å². The summed E-state index contributed by atoms with van der Waals surface area (Å²) >= 11 is 1.19. The number of aromatic nitrogens is 5. The third-order valence-electron chi connectivity index (χ3n) is 7.59. The second-order valence-electron chi connectivity index (χ2n) is 10.5. The van der Waals surface area contributed by atoms with E-state index < -0.39 is 47.6 Å². The predicted molar refractivity (Wildman–Crippen MR) is 134 cm³/mol. The van der Waals surface area contributed by atoms with Crippen LogP contribution in [0, 0.1) is 11.8 Å². The minimum atomic E-state index is -4.63. The molecule has 4 atom stereocenters. The number of thiophene rings is 1. The third kappa shape index (κ3) is 5.38. The maximum atomic E-state index is 13.5. The summed E-state index contributed by atoms with van der Waals surface area (Å²) in [6.45, 7) is -0.230. The number of hydrogen-bond acceptors (Lipinski definition) is 7. The van der Waals surface area contributed by atoms with Gasteiger partial charge in [-0.2, -0.15) is 18.3 Å². The molecule has 3 aliphatic rings. The summed E-state index contributed by atoms with van der Waals surface area (Å²) in [6, 6.07) is 0.519. The second kappa shape index (κ2) is 9.73. The largest absolute Gasteiger partial charge is 0.435 e. The van der Waals surface area contributed by atoms with E-state index in [2.05, 4.69) is 31.2 Å². The van der Waals surface area contributed by atoms with Crippen LogP contribution in [0.15, 0.2) is 12.4 Å². The van der Waals surface area contributed by atoms with Crippen molar-refractivity contribution in [3.8, 4) is 0 Å². The maximum absolute atomic E-state index is 13.5. The van der Waals surface area contributed by atoms with E-state index >= 15 is 0 Å². The molecule has 2 amide bonds. The lowest BCUT2D eigenvalue weighted by molar-refractivity contribution is -0.141. The minimum absolute atomic E-state index is 0.0341. The number of carbonyl (C=O) groups is 2. The number of nitrogens with zero attached hydrogens (tertiary/aromatic N) is 5. The van der Waals surface area contributed by atoms with Gasteiger partial charge in [0, 0.05) is 42.9 Å². The highest BCUT2D eigenvalue weighted by atomic mass is 32.1. The number of amides is 2. The van der Waals surface area contributed by atoms with Crippen LogP contribution in [0.3, 0.4) is 0 Å². The molecule has 2 saturated carbocycles. The van der Waals surface area contributed by atoms with Gasteiger partial charge in [-0.05, 0) is 31.2 Å². The summed E-state index contributed by atoms with van der Waals surface area (Å²) in [5.41, 5.74) is -0.325. The molecule has 2 unspecified atom stereocenters. The monoisotopic (exact) mass is 602 g/mol. The number of anilines is 3. The van der Waals surface area contributed by atoms with E-state index in [0.29, 0.717) is 18.4 Å². The molecule has 3 aliphatic carbocycles. The number of nitrogens with one attached hydrogen (secondary N) is 3. The molecule has 3 heterocycles. The van der Waals surface area contributed by atoms with Crippen LogP contribution in [0.1, 0.15) is 51.8 Å². The van der Waals surface area contributed by atoms with Gasteiger partial charge in [-0.15, -0.1) is 21.5 Å². The number of carbonyl (C=O) groups excluding carboxylic acids is 2. The van der Waals surface area contributed by atoms with Crippen molar-refractivity contribution in [3.05, 3.63) is 34.1 Å². The van der Waals surface area contributed by atoms with Crippen molar-refractivity contribution in [1.29, 1.82) is 0 Å². The lowest BCUT2D eigenvalue weighted by Gasteiger charge is -2.25. The first-order valence-corrected chi connectivity index (χ1v) is 13.7. The van der Waals surface area contributed by atoms with E-state index in [4.69, 9.17) is 0 Å². The SMILES string of the molecule is Cn1nc(C(F)(F)F)cc1Nc1nncn1C1CCc2sc(NC(=O)[C@H]3C[C@H]3F)c(C(=O)NCC3CC3(F)F)c2C1. The molecule has 3 aromatic heterocycles. The fraction of sp³-hybridized carbons (Fsp3) is 0.542. The van der Waals surface area contributed by atoms with E-state index in [9.17, 15) is 35.9 Å². The zero-order valence-corrected chi connectivity index (χ0v) is 22.3. The van der Waals surface area contributed by atoms with Crippen molar-refractivity contribution < 1.29 is 35.9 Å². The zero-order chi connectivity index (χ0) is 29.3. The average molecular weight is 603 g/mol. The number of hydrogen-bond donors (Lipinski definition) is 3. The van der Waals surface area contributed by atoms with Crippen LogP contribution >= 0.6 is 11.3 Å². The van der Waals surface area contributed by atoms with Gasteiger partial charge in [0.15, 0.2) is 5.69 Å². The van der Waals surface area contributed by atoms with Gasteiger partial charge in [-0.1, -0.05) is 0 Å². The molecule has 2 fully saturated rings. The number of fused-ring (bicyclic) bond motifs is 1. The average Bonchev–Trinajstić information content (AvgIpc) is 3.50. The molecule has 41 heavy (non-hydrogen) atoms. The Labute approximate surface area is 232 Å². The number of alkyl halides is 6. The molecule has 10 nitrogen and oxygen atoms in total. The molecule has 17 heteroatoms. The Morgan fingerprint density at radius 3 is 2.63 bits per heavy atom. The topological polar surface area (TPSA) is 119 Å². The normalized spacial score (nSPS) is 24.5. The van der Waals surface area contributed by atoms with Gasteiger partial charge in [0.25, 0.3) is 11.8 Å². The van der Waals surface area contributed by atoms with E-state index in [1.807, 2.05) is 0 Å². The molecule has 0 aliphatic heterocycles. The molecule has 0 spiro atoms. The fourth-order valence-corrected chi connectivity index (χ4v) is 6.25. The Hall–Kier alpha value is -3.63. The van der Waals surface area contributed by atoms with Crippen molar-refractivity contribution in [1.82, 2.24) is 29.9 Å². The van der Waals surface area contributed by atoms with Gasteiger partial charge in [0.1, 0.15) is 23.3 Å². The second-order valence-corrected chi connectivity index (χ2v) is 11.7. The fourth-order valence-electron chi connectivity index (χ4n) is 5.00. The molecule has 0 aromatic carbocycles. The molecule has 3 aromatic rings. The van der Waals surface area contributed by atoms with E-state index in [1.165, 1.54) is 24.7 Å². The zero-order valence-electron chi connectivity index (χ0n) is 21.4. The van der Waals surface area contributed by atoms with Crippen LogP contribution in [0.2, 0.25) is 0 Å². The number of rotatable bonds is 8. The molecule has 0 saturated heterocycles. The van der Waals surface area contributed by atoms with Gasteiger partial charge in [-0.3, -0.25) is 18.8 Å². The summed E-state index contributed by atoms with van der Waals surface area (Å²) in [6.07, 6.45) is -3.37. The Kier molecular flexibility index (Phi) is 6.54. The molecule has 0 radical (unpaired) electrons. The highest BCUT2D eigenvalue weighted by molar-refractivity contribution is 7.17. The lowest BCUT2D eigenvalue weighted by atomic mass is 9.91. The maximum Gasteiger partial charge on any atom is 0.435 e. The Balaban J connectivity index is 1.25. The summed E-state index contributed by atoms with van der Waals surface area (Å²) in [4.78, 5) is 26.6. The molecule has 6 rings (SSSR count). The Morgan fingerprint density at radius 2 is 2.00 bits per heavy atom. The van der Waals surface area contributed by atoms with Gasteiger partial charge in [-0.25, -0.2) is 13.2 Å². The molecular formula is C24H24F6N8O2S. The van der Waals surface area contributed by atoms with E-state index in [0.717, 1.165) is 15.6 Å². The van der Waals surface area contributed by atoms with Gasteiger partial charge in [0.2, 0.25) is 11.9 Å². The van der Waals surface area contributed by atoms with Crippen LogP contribution in [0.4, 0.5) is 43.1 Å². The first-order valence-electron chi connectivity index (χ1n) is 12.8. The van der Waals surface area contributed by atoms with Crippen molar-refractivity contribution in [2.75, 3.05) is 17.2 Å². The van der Waals surface area contributed by atoms with Crippen LogP contribution < -0.4 is 16.0 Å². The van der Waals surface area contributed by atoms with Crippen LogP contribution in [0.25, 0.3) is 0 Å². The van der Waals surface area contributed by atoms with Gasteiger partial charge < -0.3 is 16.0 Å². The van der Waals surface area contributed by atoms with Crippen LogP contribution in [-0.2, 0) is 30.9 Å².